The van der Waals surface area contributed by atoms with Crippen LogP contribution >= 0.6 is 0 Å². The van der Waals surface area contributed by atoms with Gasteiger partial charge < -0.3 is 20.3 Å². The molecule has 0 fully saturated rings. The van der Waals surface area contributed by atoms with Gasteiger partial charge in [0.05, 0.1) is 25.2 Å². The maximum atomic E-state index is 13.3. The van der Waals surface area contributed by atoms with Gasteiger partial charge in [-0.05, 0) is 77.0 Å². The van der Waals surface area contributed by atoms with Gasteiger partial charge in [0.15, 0.2) is 0 Å². The van der Waals surface area contributed by atoms with Crippen LogP contribution in [0.25, 0.3) is 0 Å². The Hall–Kier alpha value is -1.92. The van der Waals surface area contributed by atoms with Gasteiger partial charge in [0.2, 0.25) is 5.91 Å². The highest BCUT2D eigenvalue weighted by Crippen LogP contribution is 2.18. The molecule has 1 amide bonds. The van der Waals surface area contributed by atoms with Crippen LogP contribution in [0.5, 0.6) is 0 Å². The number of allylic oxidation sites excluding steroid dienone is 6. The first-order chi connectivity index (χ1) is 33.0. The number of hydrogen-bond donors (Lipinski definition) is 3. The minimum absolute atomic E-state index is 0.0684. The quantitative estimate of drug-likeness (QED) is 0.0244. The lowest BCUT2D eigenvalue weighted by atomic mass is 10.0. The summed E-state index contributed by atoms with van der Waals surface area (Å²) in [6, 6.07) is -0.707. The fourth-order valence-corrected chi connectivity index (χ4v) is 9.18. The van der Waals surface area contributed by atoms with Crippen molar-refractivity contribution in [2.75, 3.05) is 6.61 Å². The van der Waals surface area contributed by atoms with Gasteiger partial charge in [0.1, 0.15) is 6.10 Å². The number of hydrogen-bond acceptors (Lipinski definition) is 5. The molecule has 67 heavy (non-hydrogen) atoms. The average molecular weight is 943 g/mol. The standard InChI is InChI=1S/C61H115NO5/c1-4-7-10-13-16-19-22-25-27-29-31-33-36-39-42-45-48-51-54-61(66)67-57(52-49-46-43-40-37-34-24-21-18-15-12-9-6-3)55-60(65)62-58(56-63)59(64)53-50-47-44-41-38-35-32-30-28-26-23-20-17-14-11-8-5-2/h21,24,27,29,31,33,57-59,63-64H,4-20,22-23,25-26,28,30,32,34-56H2,1-3H3,(H,62,65)/b24-21-,29-27+,33-31+. The van der Waals surface area contributed by atoms with Crippen molar-refractivity contribution in [1.82, 2.24) is 5.32 Å². The summed E-state index contributed by atoms with van der Waals surface area (Å²) in [6.07, 6.45) is 66.4. The van der Waals surface area contributed by atoms with Gasteiger partial charge in [-0.1, -0.05) is 263 Å². The van der Waals surface area contributed by atoms with Crippen molar-refractivity contribution < 1.29 is 24.5 Å². The van der Waals surface area contributed by atoms with E-state index in [0.29, 0.717) is 19.3 Å². The van der Waals surface area contributed by atoms with Crippen molar-refractivity contribution in [3.05, 3.63) is 36.5 Å². The third-order valence-electron chi connectivity index (χ3n) is 13.7. The number of rotatable bonds is 54. The Morgan fingerprint density at radius 2 is 0.761 bits per heavy atom. The van der Waals surface area contributed by atoms with Crippen LogP contribution < -0.4 is 5.32 Å². The number of unbranched alkanes of at least 4 members (excludes halogenated alkanes) is 37. The Bertz CT molecular complexity index is 1100. The van der Waals surface area contributed by atoms with E-state index in [4.69, 9.17) is 4.74 Å². The molecule has 3 atom stereocenters. The number of carbonyl (C=O) groups is 2. The minimum atomic E-state index is -0.792. The molecule has 0 aromatic rings. The van der Waals surface area contributed by atoms with E-state index in [1.807, 2.05) is 0 Å². The molecule has 0 saturated carbocycles. The maximum absolute atomic E-state index is 13.3. The van der Waals surface area contributed by atoms with Crippen molar-refractivity contribution in [3.8, 4) is 0 Å². The van der Waals surface area contributed by atoms with E-state index >= 15 is 0 Å². The first kappa shape index (κ1) is 65.1. The van der Waals surface area contributed by atoms with Crippen LogP contribution in [0.15, 0.2) is 36.5 Å². The van der Waals surface area contributed by atoms with Crippen LogP contribution in [0.2, 0.25) is 0 Å². The third-order valence-corrected chi connectivity index (χ3v) is 13.7. The van der Waals surface area contributed by atoms with Crippen LogP contribution in [0.1, 0.15) is 316 Å². The molecule has 6 nitrogen and oxygen atoms in total. The van der Waals surface area contributed by atoms with Crippen molar-refractivity contribution in [2.45, 2.75) is 334 Å². The van der Waals surface area contributed by atoms with Gasteiger partial charge >= 0.3 is 5.97 Å². The van der Waals surface area contributed by atoms with E-state index in [1.54, 1.807) is 0 Å². The van der Waals surface area contributed by atoms with Crippen LogP contribution in [-0.2, 0) is 14.3 Å². The lowest BCUT2D eigenvalue weighted by molar-refractivity contribution is -0.151. The predicted octanol–water partition coefficient (Wildman–Crippen LogP) is 18.4. The van der Waals surface area contributed by atoms with E-state index in [2.05, 4.69) is 62.5 Å². The molecular weight excluding hydrogens is 827 g/mol. The molecule has 394 valence electrons. The van der Waals surface area contributed by atoms with Crippen molar-refractivity contribution >= 4 is 11.9 Å². The molecule has 0 bridgehead atoms. The number of ether oxygens (including phenoxy) is 1. The Balaban J connectivity index is 4.51. The van der Waals surface area contributed by atoms with Gasteiger partial charge in [-0.15, -0.1) is 0 Å². The van der Waals surface area contributed by atoms with Crippen LogP contribution in [0.4, 0.5) is 0 Å². The zero-order valence-corrected chi connectivity index (χ0v) is 45.0. The third kappa shape index (κ3) is 50.3. The van der Waals surface area contributed by atoms with Gasteiger partial charge in [-0.3, -0.25) is 9.59 Å². The topological polar surface area (TPSA) is 95.9 Å². The largest absolute Gasteiger partial charge is 0.462 e. The Morgan fingerprint density at radius 1 is 0.433 bits per heavy atom. The summed E-state index contributed by atoms with van der Waals surface area (Å²) in [5.74, 6) is -0.486. The van der Waals surface area contributed by atoms with E-state index < -0.39 is 18.2 Å². The number of aliphatic hydroxyl groups excluding tert-OH is 2. The lowest BCUT2D eigenvalue weighted by Crippen LogP contribution is -2.46. The monoisotopic (exact) mass is 942 g/mol. The lowest BCUT2D eigenvalue weighted by Gasteiger charge is -2.24. The second-order valence-electron chi connectivity index (χ2n) is 20.4. The number of amides is 1. The summed E-state index contributed by atoms with van der Waals surface area (Å²) >= 11 is 0. The second kappa shape index (κ2) is 55.0. The number of aliphatic hydroxyl groups is 2. The SMILES string of the molecule is CCCCCC/C=C\CCCCCCCC(CC(=O)NC(CO)C(O)CCCCCCCCCCCCCCCCCCC)OC(=O)CCCCCCC/C=C/C=C/CCCCCCCCC. The Labute approximate surface area is 417 Å². The molecule has 0 radical (unpaired) electrons. The van der Waals surface area contributed by atoms with Crippen LogP contribution in [0, 0.1) is 0 Å². The summed E-state index contributed by atoms with van der Waals surface area (Å²) in [7, 11) is 0. The number of carbonyl (C=O) groups excluding carboxylic acids is 2. The summed E-state index contributed by atoms with van der Waals surface area (Å²) in [6.45, 7) is 6.50. The molecule has 0 aliphatic carbocycles. The summed E-state index contributed by atoms with van der Waals surface area (Å²) < 4.78 is 5.95. The molecule has 0 heterocycles. The molecule has 0 aliphatic heterocycles. The van der Waals surface area contributed by atoms with E-state index in [9.17, 15) is 19.8 Å². The fourth-order valence-electron chi connectivity index (χ4n) is 9.18. The highest BCUT2D eigenvalue weighted by Gasteiger charge is 2.24. The summed E-state index contributed by atoms with van der Waals surface area (Å²) in [4.78, 5) is 26.3. The molecule has 0 saturated heterocycles. The highest BCUT2D eigenvalue weighted by atomic mass is 16.5. The first-order valence-corrected chi connectivity index (χ1v) is 29.7. The zero-order chi connectivity index (χ0) is 48.8. The smallest absolute Gasteiger partial charge is 0.306 e. The van der Waals surface area contributed by atoms with E-state index in [1.165, 1.54) is 199 Å². The van der Waals surface area contributed by atoms with Crippen molar-refractivity contribution in [2.24, 2.45) is 0 Å². The van der Waals surface area contributed by atoms with Crippen LogP contribution in [-0.4, -0.2) is 46.9 Å². The molecule has 0 rings (SSSR count). The molecule has 0 aliphatic rings. The van der Waals surface area contributed by atoms with Gasteiger partial charge in [0.25, 0.3) is 0 Å². The number of esters is 1. The average Bonchev–Trinajstić information content (AvgIpc) is 3.32. The summed E-state index contributed by atoms with van der Waals surface area (Å²) in [5, 5.41) is 23.9. The molecule has 3 N–H and O–H groups in total. The van der Waals surface area contributed by atoms with E-state index in [-0.39, 0.29) is 24.9 Å². The number of nitrogens with one attached hydrogen (secondary N) is 1. The molecule has 0 aromatic heterocycles. The van der Waals surface area contributed by atoms with Gasteiger partial charge in [-0.2, -0.15) is 0 Å². The Morgan fingerprint density at radius 3 is 1.16 bits per heavy atom. The van der Waals surface area contributed by atoms with Gasteiger partial charge in [0, 0.05) is 6.42 Å². The Kier molecular flexibility index (Phi) is 53.4. The molecule has 0 spiro atoms. The highest BCUT2D eigenvalue weighted by molar-refractivity contribution is 5.77. The molecule has 0 aromatic carbocycles. The zero-order valence-electron chi connectivity index (χ0n) is 45.0. The maximum Gasteiger partial charge on any atom is 0.306 e. The van der Waals surface area contributed by atoms with Crippen molar-refractivity contribution in [3.63, 3.8) is 0 Å². The second-order valence-corrected chi connectivity index (χ2v) is 20.4. The molecule has 3 unspecified atom stereocenters. The fraction of sp³-hybridized carbons (Fsp3) is 0.869. The normalized spacial score (nSPS) is 13.3. The molecule has 6 heteroatoms. The summed E-state index contributed by atoms with van der Waals surface area (Å²) in [5.41, 5.74) is 0. The van der Waals surface area contributed by atoms with Gasteiger partial charge in [-0.25, -0.2) is 0 Å². The van der Waals surface area contributed by atoms with Crippen molar-refractivity contribution in [1.29, 1.82) is 0 Å². The van der Waals surface area contributed by atoms with Crippen LogP contribution in [0.3, 0.4) is 0 Å². The predicted molar refractivity (Wildman–Crippen MR) is 292 cm³/mol. The first-order valence-electron chi connectivity index (χ1n) is 29.7. The van der Waals surface area contributed by atoms with E-state index in [0.717, 1.165) is 70.6 Å². The minimum Gasteiger partial charge on any atom is -0.462 e. The molecular formula is C61H115NO5.